The predicted molar refractivity (Wildman–Crippen MR) is 138 cm³/mol. The standard InChI is InChI=1S/C32H27N/c1-32(2,27-17-10-16-22-21-12-5-4-11-20(21)19-26(22)27)30-23-13-6-7-14-24(23)31-29(30)25-15-8-9-18-28(25)33(31)3/h4-18,30H,19H2,1-3H3. The van der Waals surface area contributed by atoms with Crippen LogP contribution in [0.2, 0.25) is 0 Å². The molecule has 0 spiro atoms. The first-order chi connectivity index (χ1) is 16.1. The fourth-order valence-corrected chi connectivity index (χ4v) is 6.83. The van der Waals surface area contributed by atoms with E-state index in [0.29, 0.717) is 5.92 Å². The maximum atomic E-state index is 2.46. The Morgan fingerprint density at radius 3 is 2.30 bits per heavy atom. The number of benzene rings is 4. The van der Waals surface area contributed by atoms with Gasteiger partial charge in [0, 0.05) is 34.8 Å². The SMILES string of the molecule is Cn1c2c(c3ccccc31)C(C(C)(C)c1cccc3c1Cc1ccccc1-3)c1ccccc1-2. The molecule has 0 N–H and O–H groups in total. The van der Waals surface area contributed by atoms with E-state index in [9.17, 15) is 0 Å². The number of rotatable bonds is 2. The molecular weight excluding hydrogens is 398 g/mol. The molecule has 0 saturated carbocycles. The molecule has 0 saturated heterocycles. The zero-order valence-corrected chi connectivity index (χ0v) is 19.4. The molecule has 2 aliphatic carbocycles. The molecule has 160 valence electrons. The van der Waals surface area contributed by atoms with Gasteiger partial charge in [0.15, 0.2) is 0 Å². The summed E-state index contributed by atoms with van der Waals surface area (Å²) in [6.45, 7) is 4.92. The summed E-state index contributed by atoms with van der Waals surface area (Å²) in [5.74, 6) is 0.310. The molecule has 7 rings (SSSR count). The quantitative estimate of drug-likeness (QED) is 0.266. The van der Waals surface area contributed by atoms with Gasteiger partial charge in [0.2, 0.25) is 0 Å². The molecule has 1 heteroatoms. The number of fused-ring (bicyclic) bond motifs is 8. The van der Waals surface area contributed by atoms with E-state index in [1.54, 1.807) is 0 Å². The minimum Gasteiger partial charge on any atom is -0.343 e. The number of hydrogen-bond donors (Lipinski definition) is 0. The van der Waals surface area contributed by atoms with Crippen LogP contribution in [0.15, 0.2) is 91.0 Å². The van der Waals surface area contributed by atoms with Crippen molar-refractivity contribution in [2.75, 3.05) is 0 Å². The molecule has 0 bridgehead atoms. The van der Waals surface area contributed by atoms with E-state index in [1.807, 2.05) is 0 Å². The maximum absolute atomic E-state index is 2.46. The zero-order valence-electron chi connectivity index (χ0n) is 19.4. The van der Waals surface area contributed by atoms with Crippen LogP contribution in [0.25, 0.3) is 33.3 Å². The van der Waals surface area contributed by atoms with Crippen LogP contribution in [-0.4, -0.2) is 4.57 Å². The van der Waals surface area contributed by atoms with Crippen molar-refractivity contribution in [1.29, 1.82) is 0 Å². The van der Waals surface area contributed by atoms with Crippen molar-refractivity contribution >= 4 is 10.9 Å². The van der Waals surface area contributed by atoms with Gasteiger partial charge in [-0.2, -0.15) is 0 Å². The monoisotopic (exact) mass is 425 g/mol. The van der Waals surface area contributed by atoms with Crippen LogP contribution < -0.4 is 0 Å². The molecule has 1 aromatic heterocycles. The van der Waals surface area contributed by atoms with Crippen molar-refractivity contribution in [2.45, 2.75) is 31.6 Å². The summed E-state index contributed by atoms with van der Waals surface area (Å²) >= 11 is 0. The molecular formula is C32H27N. The van der Waals surface area contributed by atoms with Gasteiger partial charge < -0.3 is 4.57 Å². The largest absolute Gasteiger partial charge is 0.343 e. The summed E-state index contributed by atoms with van der Waals surface area (Å²) in [7, 11) is 2.23. The molecule has 0 aliphatic heterocycles. The molecule has 33 heavy (non-hydrogen) atoms. The number of nitrogens with zero attached hydrogens (tertiary/aromatic N) is 1. The van der Waals surface area contributed by atoms with Gasteiger partial charge in [0.25, 0.3) is 0 Å². The molecule has 1 nitrogen and oxygen atoms in total. The summed E-state index contributed by atoms with van der Waals surface area (Å²) in [5.41, 5.74) is 14.3. The van der Waals surface area contributed by atoms with Crippen LogP contribution in [0.4, 0.5) is 0 Å². The zero-order chi connectivity index (χ0) is 22.3. The summed E-state index contributed by atoms with van der Waals surface area (Å²) in [6.07, 6.45) is 1.03. The van der Waals surface area contributed by atoms with Gasteiger partial charge in [0.05, 0.1) is 5.69 Å². The van der Waals surface area contributed by atoms with Crippen LogP contribution in [0.3, 0.4) is 0 Å². The van der Waals surface area contributed by atoms with Crippen molar-refractivity contribution in [3.8, 4) is 22.4 Å². The van der Waals surface area contributed by atoms with E-state index in [1.165, 1.54) is 61.1 Å². The average Bonchev–Trinajstić information content (AvgIpc) is 3.48. The highest BCUT2D eigenvalue weighted by atomic mass is 15.0. The van der Waals surface area contributed by atoms with Crippen molar-refractivity contribution < 1.29 is 0 Å². The van der Waals surface area contributed by atoms with Crippen molar-refractivity contribution in [3.63, 3.8) is 0 Å². The Hall–Kier alpha value is -3.58. The third-order valence-electron chi connectivity index (χ3n) is 8.23. The lowest BCUT2D eigenvalue weighted by Crippen LogP contribution is -2.28. The topological polar surface area (TPSA) is 4.93 Å². The Morgan fingerprint density at radius 2 is 1.42 bits per heavy atom. The van der Waals surface area contributed by atoms with E-state index in [0.717, 1.165) is 6.42 Å². The number of aromatic nitrogens is 1. The minimum absolute atomic E-state index is 0.0567. The van der Waals surface area contributed by atoms with Crippen molar-refractivity contribution in [3.05, 3.63) is 119 Å². The van der Waals surface area contributed by atoms with Gasteiger partial charge in [-0.05, 0) is 51.4 Å². The summed E-state index contributed by atoms with van der Waals surface area (Å²) in [6, 6.07) is 33.9. The summed E-state index contributed by atoms with van der Waals surface area (Å²) in [5, 5.41) is 1.39. The molecule has 0 amide bonds. The van der Waals surface area contributed by atoms with Crippen LogP contribution in [0.5, 0.6) is 0 Å². The minimum atomic E-state index is -0.0567. The highest BCUT2D eigenvalue weighted by molar-refractivity contribution is 5.97. The van der Waals surface area contributed by atoms with Gasteiger partial charge in [-0.15, -0.1) is 0 Å². The van der Waals surface area contributed by atoms with Gasteiger partial charge >= 0.3 is 0 Å². The first kappa shape index (κ1) is 18.9. The second kappa shape index (κ2) is 6.48. The second-order valence-corrected chi connectivity index (χ2v) is 10.2. The molecule has 1 atom stereocenters. The lowest BCUT2D eigenvalue weighted by molar-refractivity contribution is 0.464. The summed E-state index contributed by atoms with van der Waals surface area (Å²) in [4.78, 5) is 0. The number of para-hydroxylation sites is 1. The Balaban J connectivity index is 1.50. The van der Waals surface area contributed by atoms with E-state index in [-0.39, 0.29) is 5.41 Å². The fraction of sp³-hybridized carbons (Fsp3) is 0.188. The van der Waals surface area contributed by atoms with Crippen LogP contribution >= 0.6 is 0 Å². The van der Waals surface area contributed by atoms with E-state index in [4.69, 9.17) is 0 Å². The van der Waals surface area contributed by atoms with Gasteiger partial charge in [-0.3, -0.25) is 0 Å². The Bertz CT molecular complexity index is 1580. The Morgan fingerprint density at radius 1 is 0.727 bits per heavy atom. The molecule has 5 aromatic rings. The Labute approximate surface area is 195 Å². The highest BCUT2D eigenvalue weighted by Crippen LogP contribution is 2.57. The number of aryl methyl sites for hydroxylation is 1. The van der Waals surface area contributed by atoms with Gasteiger partial charge in [-0.1, -0.05) is 98.8 Å². The van der Waals surface area contributed by atoms with E-state index >= 15 is 0 Å². The van der Waals surface area contributed by atoms with Crippen LogP contribution in [-0.2, 0) is 18.9 Å². The smallest absolute Gasteiger partial charge is 0.0530 e. The molecule has 0 radical (unpaired) electrons. The van der Waals surface area contributed by atoms with Crippen LogP contribution in [0, 0.1) is 0 Å². The predicted octanol–water partition coefficient (Wildman–Crippen LogP) is 7.84. The molecule has 2 aliphatic rings. The van der Waals surface area contributed by atoms with Crippen molar-refractivity contribution in [2.24, 2.45) is 7.05 Å². The maximum Gasteiger partial charge on any atom is 0.0530 e. The normalized spacial score (nSPS) is 15.9. The molecule has 4 aromatic carbocycles. The highest BCUT2D eigenvalue weighted by Gasteiger charge is 2.44. The molecule has 1 heterocycles. The number of hydrogen-bond acceptors (Lipinski definition) is 0. The molecule has 0 fully saturated rings. The summed E-state index contributed by atoms with van der Waals surface area (Å²) < 4.78 is 2.41. The van der Waals surface area contributed by atoms with Crippen LogP contribution in [0.1, 0.15) is 47.6 Å². The fourth-order valence-electron chi connectivity index (χ4n) is 6.83. The first-order valence-corrected chi connectivity index (χ1v) is 11.9. The van der Waals surface area contributed by atoms with Gasteiger partial charge in [0.1, 0.15) is 0 Å². The van der Waals surface area contributed by atoms with E-state index in [2.05, 4.69) is 116 Å². The second-order valence-electron chi connectivity index (χ2n) is 10.2. The van der Waals surface area contributed by atoms with Crippen molar-refractivity contribution in [1.82, 2.24) is 4.57 Å². The lowest BCUT2D eigenvalue weighted by Gasteiger charge is -2.35. The lowest BCUT2D eigenvalue weighted by atomic mass is 9.67. The third kappa shape index (κ3) is 2.37. The van der Waals surface area contributed by atoms with Gasteiger partial charge in [-0.25, -0.2) is 0 Å². The molecule has 1 unspecified atom stereocenters. The van der Waals surface area contributed by atoms with E-state index < -0.39 is 0 Å². The Kier molecular flexibility index (Phi) is 3.72. The average molecular weight is 426 g/mol. The third-order valence-corrected chi connectivity index (χ3v) is 8.23. The first-order valence-electron chi connectivity index (χ1n) is 11.9.